The van der Waals surface area contributed by atoms with Gasteiger partial charge in [0.25, 0.3) is 0 Å². The van der Waals surface area contributed by atoms with E-state index in [1.165, 1.54) is 19.2 Å². The zero-order valence-corrected chi connectivity index (χ0v) is 17.7. The standard InChI is InChI=1S/C24H25F3N2O3/c1-32-22(31)17-6-10-18(11-7-17)23(12-13-23)28-21(30)20-3-2-14-29(20)15-16-4-8-19(9-5-16)24(25,26)27/h4-11,20H,2-3,12-15H2,1H3,(H,28,30)/t20-/m1/s1. The molecule has 2 aromatic carbocycles. The average Bonchev–Trinajstić information content (AvgIpc) is 3.41. The quantitative estimate of drug-likeness (QED) is 0.674. The van der Waals surface area contributed by atoms with Crippen molar-refractivity contribution >= 4 is 11.9 Å². The summed E-state index contributed by atoms with van der Waals surface area (Å²) in [6.45, 7) is 1.15. The van der Waals surface area contributed by atoms with E-state index in [0.29, 0.717) is 18.5 Å². The Kier molecular flexibility index (Phi) is 5.99. The molecule has 4 rings (SSSR count). The van der Waals surface area contributed by atoms with Gasteiger partial charge in [0, 0.05) is 6.54 Å². The third kappa shape index (κ3) is 4.65. The Morgan fingerprint density at radius 2 is 1.75 bits per heavy atom. The van der Waals surface area contributed by atoms with Crippen LogP contribution >= 0.6 is 0 Å². The van der Waals surface area contributed by atoms with Crippen molar-refractivity contribution in [1.82, 2.24) is 10.2 Å². The highest BCUT2D eigenvalue weighted by Crippen LogP contribution is 2.46. The summed E-state index contributed by atoms with van der Waals surface area (Å²) in [5.74, 6) is -0.473. The zero-order valence-electron chi connectivity index (χ0n) is 17.7. The van der Waals surface area contributed by atoms with Crippen molar-refractivity contribution in [3.05, 3.63) is 70.8 Å². The number of esters is 1. The molecule has 0 spiro atoms. The highest BCUT2D eigenvalue weighted by atomic mass is 19.4. The van der Waals surface area contributed by atoms with E-state index in [1.807, 2.05) is 17.0 Å². The normalized spacial score (nSPS) is 20.1. The average molecular weight is 446 g/mol. The van der Waals surface area contributed by atoms with E-state index in [4.69, 9.17) is 4.74 Å². The molecule has 2 fully saturated rings. The maximum absolute atomic E-state index is 13.1. The van der Waals surface area contributed by atoms with Gasteiger partial charge in [0.05, 0.1) is 29.8 Å². The summed E-state index contributed by atoms with van der Waals surface area (Å²) in [7, 11) is 1.33. The molecule has 1 aliphatic heterocycles. The Morgan fingerprint density at radius 1 is 1.09 bits per heavy atom. The van der Waals surface area contributed by atoms with Crippen LogP contribution in [0.5, 0.6) is 0 Å². The Bertz CT molecular complexity index is 983. The lowest BCUT2D eigenvalue weighted by atomic mass is 10.0. The molecule has 170 valence electrons. The predicted molar refractivity (Wildman–Crippen MR) is 112 cm³/mol. The fraction of sp³-hybridized carbons (Fsp3) is 0.417. The van der Waals surface area contributed by atoms with Crippen molar-refractivity contribution in [2.45, 2.75) is 50.0 Å². The molecule has 5 nitrogen and oxygen atoms in total. The molecule has 0 radical (unpaired) electrons. The summed E-state index contributed by atoms with van der Waals surface area (Å²) in [5, 5.41) is 3.19. The third-order valence-corrected chi connectivity index (χ3v) is 6.30. The van der Waals surface area contributed by atoms with Gasteiger partial charge >= 0.3 is 12.1 Å². The van der Waals surface area contributed by atoms with Gasteiger partial charge in [-0.05, 0) is 67.6 Å². The van der Waals surface area contributed by atoms with Crippen LogP contribution in [0.2, 0.25) is 0 Å². The SMILES string of the molecule is COC(=O)c1ccc(C2(NC(=O)[C@H]3CCCN3Cc3ccc(C(F)(F)F)cc3)CC2)cc1. The Morgan fingerprint density at radius 3 is 2.31 bits per heavy atom. The first-order valence-electron chi connectivity index (χ1n) is 10.6. The number of hydrogen-bond acceptors (Lipinski definition) is 4. The van der Waals surface area contributed by atoms with Crippen LogP contribution in [0.15, 0.2) is 48.5 Å². The summed E-state index contributed by atoms with van der Waals surface area (Å²) in [6.07, 6.45) is -1.14. The number of nitrogens with zero attached hydrogens (tertiary/aromatic N) is 1. The van der Waals surface area contributed by atoms with E-state index in [1.54, 1.807) is 12.1 Å². The number of amides is 1. The molecule has 1 atom stereocenters. The summed E-state index contributed by atoms with van der Waals surface area (Å²) >= 11 is 0. The number of ether oxygens (including phenoxy) is 1. The Balaban J connectivity index is 1.41. The number of nitrogens with one attached hydrogen (secondary N) is 1. The highest BCUT2D eigenvalue weighted by molar-refractivity contribution is 5.89. The topological polar surface area (TPSA) is 58.6 Å². The number of rotatable bonds is 6. The van der Waals surface area contributed by atoms with Gasteiger partial charge in [0.15, 0.2) is 0 Å². The summed E-state index contributed by atoms with van der Waals surface area (Å²) in [5.41, 5.74) is 1.06. The summed E-state index contributed by atoms with van der Waals surface area (Å²) < 4.78 is 43.1. The second kappa shape index (κ2) is 8.58. The van der Waals surface area contributed by atoms with Crippen LogP contribution in [-0.4, -0.2) is 36.5 Å². The first-order chi connectivity index (χ1) is 15.2. The maximum Gasteiger partial charge on any atom is 0.416 e. The first kappa shape index (κ1) is 22.3. The fourth-order valence-electron chi connectivity index (χ4n) is 4.32. The Hall–Kier alpha value is -2.87. The molecule has 0 aromatic heterocycles. The van der Waals surface area contributed by atoms with E-state index in [2.05, 4.69) is 5.32 Å². The van der Waals surface area contributed by atoms with Crippen LogP contribution in [0, 0.1) is 0 Å². The van der Waals surface area contributed by atoms with Crippen LogP contribution in [-0.2, 0) is 27.8 Å². The van der Waals surface area contributed by atoms with Crippen molar-refractivity contribution in [3.63, 3.8) is 0 Å². The van der Waals surface area contributed by atoms with Gasteiger partial charge in [-0.3, -0.25) is 9.69 Å². The Labute approximate surface area is 184 Å². The highest BCUT2D eigenvalue weighted by Gasteiger charge is 2.47. The molecule has 0 bridgehead atoms. The molecule has 2 aliphatic rings. The van der Waals surface area contributed by atoms with E-state index in [0.717, 1.165) is 49.1 Å². The zero-order chi connectivity index (χ0) is 22.9. The minimum Gasteiger partial charge on any atom is -0.465 e. The van der Waals surface area contributed by atoms with Gasteiger partial charge < -0.3 is 10.1 Å². The molecule has 0 unspecified atom stereocenters. The van der Waals surface area contributed by atoms with E-state index < -0.39 is 23.2 Å². The number of methoxy groups -OCH3 is 1. The lowest BCUT2D eigenvalue weighted by Crippen LogP contribution is -2.46. The molecule has 1 aliphatic carbocycles. The van der Waals surface area contributed by atoms with Crippen molar-refractivity contribution < 1.29 is 27.5 Å². The molecule has 1 heterocycles. The van der Waals surface area contributed by atoms with Crippen LogP contribution < -0.4 is 5.32 Å². The van der Waals surface area contributed by atoms with Gasteiger partial charge in [-0.2, -0.15) is 13.2 Å². The van der Waals surface area contributed by atoms with Crippen molar-refractivity contribution in [2.75, 3.05) is 13.7 Å². The molecule has 1 saturated carbocycles. The predicted octanol–water partition coefficient (Wildman–Crippen LogP) is 4.26. The summed E-state index contributed by atoms with van der Waals surface area (Å²) in [4.78, 5) is 26.8. The minimum absolute atomic E-state index is 0.0658. The minimum atomic E-state index is -4.36. The van der Waals surface area contributed by atoms with Gasteiger partial charge in [-0.25, -0.2) is 4.79 Å². The number of likely N-dealkylation sites (tertiary alicyclic amines) is 1. The maximum atomic E-state index is 13.1. The van der Waals surface area contributed by atoms with Crippen LogP contribution in [0.25, 0.3) is 0 Å². The van der Waals surface area contributed by atoms with Gasteiger partial charge in [0.1, 0.15) is 0 Å². The molecule has 8 heteroatoms. The second-order valence-electron chi connectivity index (χ2n) is 8.46. The first-order valence-corrected chi connectivity index (χ1v) is 10.6. The molecule has 2 aromatic rings. The third-order valence-electron chi connectivity index (χ3n) is 6.30. The molecule has 1 amide bonds. The number of hydrogen-bond donors (Lipinski definition) is 1. The van der Waals surface area contributed by atoms with Crippen molar-refractivity contribution in [3.8, 4) is 0 Å². The lowest BCUT2D eigenvalue weighted by molar-refractivity contribution is -0.137. The summed E-state index contributed by atoms with van der Waals surface area (Å²) in [6, 6.07) is 11.9. The van der Waals surface area contributed by atoms with Crippen LogP contribution in [0.3, 0.4) is 0 Å². The number of carbonyl (C=O) groups is 2. The second-order valence-corrected chi connectivity index (χ2v) is 8.46. The van der Waals surface area contributed by atoms with Crippen molar-refractivity contribution in [2.24, 2.45) is 0 Å². The van der Waals surface area contributed by atoms with E-state index >= 15 is 0 Å². The van der Waals surface area contributed by atoms with Crippen LogP contribution in [0.4, 0.5) is 13.2 Å². The largest absolute Gasteiger partial charge is 0.465 e. The molecular weight excluding hydrogens is 421 g/mol. The van der Waals surface area contributed by atoms with Gasteiger partial charge in [-0.1, -0.05) is 24.3 Å². The lowest BCUT2D eigenvalue weighted by Gasteiger charge is -2.27. The van der Waals surface area contributed by atoms with Crippen LogP contribution in [0.1, 0.15) is 52.7 Å². The van der Waals surface area contributed by atoms with Gasteiger partial charge in [0.2, 0.25) is 5.91 Å². The van der Waals surface area contributed by atoms with E-state index in [-0.39, 0.29) is 11.9 Å². The fourth-order valence-corrected chi connectivity index (χ4v) is 4.32. The molecular formula is C24H25F3N2O3. The molecule has 1 N–H and O–H groups in total. The van der Waals surface area contributed by atoms with E-state index in [9.17, 15) is 22.8 Å². The molecule has 1 saturated heterocycles. The number of halogens is 3. The van der Waals surface area contributed by atoms with Crippen molar-refractivity contribution in [1.29, 1.82) is 0 Å². The monoisotopic (exact) mass is 446 g/mol. The molecule has 32 heavy (non-hydrogen) atoms. The smallest absolute Gasteiger partial charge is 0.416 e. The number of carbonyl (C=O) groups excluding carboxylic acids is 2. The van der Waals surface area contributed by atoms with Gasteiger partial charge in [-0.15, -0.1) is 0 Å². The number of alkyl halides is 3. The number of benzene rings is 2.